The van der Waals surface area contributed by atoms with Crippen LogP contribution in [0.4, 0.5) is 0 Å². The van der Waals surface area contributed by atoms with Crippen LogP contribution in [0, 0.1) is 5.92 Å². The number of rotatable bonds is 6. The van der Waals surface area contributed by atoms with E-state index in [2.05, 4.69) is 11.9 Å². The van der Waals surface area contributed by atoms with Crippen molar-refractivity contribution < 1.29 is 14.7 Å². The van der Waals surface area contributed by atoms with Crippen LogP contribution >= 0.6 is 0 Å². The first kappa shape index (κ1) is 13.6. The Hall–Kier alpha value is -1.85. The highest BCUT2D eigenvalue weighted by molar-refractivity contribution is 5.78. The fourth-order valence-electron chi connectivity index (χ4n) is 2.57. The Morgan fingerprint density at radius 3 is 3.05 bits per heavy atom. The molecule has 1 saturated heterocycles. The first-order valence-electron chi connectivity index (χ1n) is 6.58. The summed E-state index contributed by atoms with van der Waals surface area (Å²) in [6, 6.07) is 0. The molecule has 1 unspecified atom stereocenters. The largest absolute Gasteiger partial charge is 0.480 e. The van der Waals surface area contributed by atoms with Gasteiger partial charge in [-0.25, -0.2) is 4.98 Å². The smallest absolute Gasteiger partial charge is 0.323 e. The highest BCUT2D eigenvalue weighted by Gasteiger charge is 2.29. The molecule has 0 aliphatic carbocycles. The van der Waals surface area contributed by atoms with Crippen molar-refractivity contribution in [2.24, 2.45) is 5.92 Å². The van der Waals surface area contributed by atoms with Gasteiger partial charge in [0.1, 0.15) is 6.54 Å². The van der Waals surface area contributed by atoms with E-state index in [0.29, 0.717) is 18.9 Å². The number of imidazole rings is 1. The second kappa shape index (κ2) is 5.86. The molecule has 1 N–H and O–H groups in total. The molecule has 0 spiro atoms. The number of carbonyl (C=O) groups excluding carboxylic acids is 1. The monoisotopic (exact) mass is 265 g/mol. The zero-order valence-electron chi connectivity index (χ0n) is 11.1. The maximum atomic E-state index is 11.9. The number of nitrogens with zero attached hydrogens (tertiary/aromatic N) is 3. The zero-order valence-corrected chi connectivity index (χ0v) is 11.1. The van der Waals surface area contributed by atoms with Gasteiger partial charge in [0.25, 0.3) is 0 Å². The van der Waals surface area contributed by atoms with E-state index < -0.39 is 5.97 Å². The number of carboxylic acid groups (broad SMARTS) is 1. The zero-order chi connectivity index (χ0) is 13.8. The van der Waals surface area contributed by atoms with Crippen LogP contribution in [0.5, 0.6) is 0 Å². The number of amides is 1. The lowest BCUT2D eigenvalue weighted by Gasteiger charge is -2.17. The minimum Gasteiger partial charge on any atom is -0.480 e. The van der Waals surface area contributed by atoms with Gasteiger partial charge in [-0.1, -0.05) is 13.3 Å². The molecule has 1 atom stereocenters. The van der Waals surface area contributed by atoms with Gasteiger partial charge in [0.05, 0.1) is 18.6 Å². The molecule has 0 aromatic carbocycles. The van der Waals surface area contributed by atoms with Crippen LogP contribution in [0.3, 0.4) is 0 Å². The minimum atomic E-state index is -0.907. The van der Waals surface area contributed by atoms with E-state index >= 15 is 0 Å². The van der Waals surface area contributed by atoms with E-state index in [1.165, 1.54) is 6.33 Å². The van der Waals surface area contributed by atoms with E-state index in [9.17, 15) is 9.59 Å². The number of carbonyl (C=O) groups is 2. The third-order valence-electron chi connectivity index (χ3n) is 3.45. The summed E-state index contributed by atoms with van der Waals surface area (Å²) in [6.45, 7) is 3.22. The van der Waals surface area contributed by atoms with E-state index in [-0.39, 0.29) is 12.5 Å². The molecule has 1 aromatic heterocycles. The molecule has 2 rings (SSSR count). The normalized spacial score (nSPS) is 19.1. The number of likely N-dealkylation sites (tertiary alicyclic amines) is 1. The molecule has 19 heavy (non-hydrogen) atoms. The van der Waals surface area contributed by atoms with Crippen molar-refractivity contribution in [1.29, 1.82) is 0 Å². The van der Waals surface area contributed by atoms with Gasteiger partial charge in [-0.2, -0.15) is 0 Å². The fourth-order valence-corrected chi connectivity index (χ4v) is 2.57. The molecule has 0 bridgehead atoms. The van der Waals surface area contributed by atoms with E-state index in [0.717, 1.165) is 25.1 Å². The van der Waals surface area contributed by atoms with Crippen molar-refractivity contribution in [3.63, 3.8) is 0 Å². The Balaban J connectivity index is 1.99. The summed E-state index contributed by atoms with van der Waals surface area (Å²) >= 11 is 0. The summed E-state index contributed by atoms with van der Waals surface area (Å²) in [7, 11) is 0. The molecule has 1 amide bonds. The topological polar surface area (TPSA) is 75.4 Å². The van der Waals surface area contributed by atoms with E-state index in [1.807, 2.05) is 0 Å². The summed E-state index contributed by atoms with van der Waals surface area (Å²) in [5.41, 5.74) is 0.771. The van der Waals surface area contributed by atoms with Crippen molar-refractivity contribution in [2.75, 3.05) is 6.54 Å². The van der Waals surface area contributed by atoms with E-state index in [4.69, 9.17) is 5.11 Å². The summed E-state index contributed by atoms with van der Waals surface area (Å²) < 4.78 is 1.57. The lowest BCUT2D eigenvalue weighted by atomic mass is 10.0. The molecule has 6 nitrogen and oxygen atoms in total. The molecule has 1 aliphatic heterocycles. The summed E-state index contributed by atoms with van der Waals surface area (Å²) in [4.78, 5) is 28.4. The van der Waals surface area contributed by atoms with Gasteiger partial charge >= 0.3 is 5.97 Å². The minimum absolute atomic E-state index is 0.115. The Kier molecular flexibility index (Phi) is 4.19. The summed E-state index contributed by atoms with van der Waals surface area (Å²) in [6.07, 6.45) is 5.89. The van der Waals surface area contributed by atoms with Gasteiger partial charge in [-0.15, -0.1) is 0 Å². The van der Waals surface area contributed by atoms with Crippen LogP contribution < -0.4 is 0 Å². The third-order valence-corrected chi connectivity index (χ3v) is 3.45. The second-order valence-electron chi connectivity index (χ2n) is 5.04. The molecule has 1 aromatic rings. The van der Waals surface area contributed by atoms with Gasteiger partial charge in [-0.05, 0) is 12.3 Å². The quantitative estimate of drug-likeness (QED) is 0.836. The molecule has 0 saturated carbocycles. The van der Waals surface area contributed by atoms with Crippen molar-refractivity contribution in [1.82, 2.24) is 14.5 Å². The number of aromatic nitrogens is 2. The van der Waals surface area contributed by atoms with Gasteiger partial charge < -0.3 is 14.6 Å². The first-order chi connectivity index (χ1) is 9.10. The molecule has 1 aliphatic rings. The molecule has 2 heterocycles. The average molecular weight is 265 g/mol. The van der Waals surface area contributed by atoms with Crippen molar-refractivity contribution >= 4 is 11.9 Å². The second-order valence-corrected chi connectivity index (χ2v) is 5.04. The van der Waals surface area contributed by atoms with Gasteiger partial charge in [0.2, 0.25) is 5.91 Å². The lowest BCUT2D eigenvalue weighted by molar-refractivity contribution is -0.137. The Bertz CT molecular complexity index is 469. The highest BCUT2D eigenvalue weighted by Crippen LogP contribution is 2.23. The Labute approximate surface area is 112 Å². The standard InChI is InChI=1S/C13H19N3O3/c1-2-3-10-4-12(17)15(6-10)7-11-5-14-9-16(11)8-13(18)19/h5,9-10H,2-4,6-8H2,1H3,(H,18,19). The molecular formula is C13H19N3O3. The van der Waals surface area contributed by atoms with Crippen molar-refractivity contribution in [3.05, 3.63) is 18.2 Å². The van der Waals surface area contributed by atoms with Gasteiger partial charge in [0, 0.05) is 19.2 Å². The number of hydrogen-bond acceptors (Lipinski definition) is 3. The molecule has 1 fully saturated rings. The number of carboxylic acids is 1. The number of hydrogen-bond donors (Lipinski definition) is 1. The van der Waals surface area contributed by atoms with Crippen LogP contribution in [-0.4, -0.2) is 38.0 Å². The van der Waals surface area contributed by atoms with Crippen LogP contribution in [0.1, 0.15) is 31.9 Å². The Morgan fingerprint density at radius 1 is 1.58 bits per heavy atom. The maximum Gasteiger partial charge on any atom is 0.323 e. The molecule has 6 heteroatoms. The maximum absolute atomic E-state index is 11.9. The predicted octanol–water partition coefficient (Wildman–Crippen LogP) is 1.12. The SMILES string of the molecule is CCCC1CC(=O)N(Cc2cncn2CC(=O)O)C1. The summed E-state index contributed by atoms with van der Waals surface area (Å²) in [5.74, 6) is -0.314. The Morgan fingerprint density at radius 2 is 2.37 bits per heavy atom. The van der Waals surface area contributed by atoms with Crippen molar-refractivity contribution in [3.8, 4) is 0 Å². The summed E-state index contributed by atoms with van der Waals surface area (Å²) in [5, 5.41) is 8.81. The third kappa shape index (κ3) is 3.33. The first-order valence-corrected chi connectivity index (χ1v) is 6.58. The van der Waals surface area contributed by atoms with Crippen LogP contribution in [-0.2, 0) is 22.7 Å². The lowest BCUT2D eigenvalue weighted by Crippen LogP contribution is -2.26. The molecule has 0 radical (unpaired) electrons. The molecular weight excluding hydrogens is 246 g/mol. The predicted molar refractivity (Wildman–Crippen MR) is 68.3 cm³/mol. The van der Waals surface area contributed by atoms with Crippen LogP contribution in [0.15, 0.2) is 12.5 Å². The average Bonchev–Trinajstić information content (AvgIpc) is 2.88. The van der Waals surface area contributed by atoms with Crippen molar-refractivity contribution in [2.45, 2.75) is 39.3 Å². The fraction of sp³-hybridized carbons (Fsp3) is 0.615. The molecule has 104 valence electrons. The van der Waals surface area contributed by atoms with E-state index in [1.54, 1.807) is 15.7 Å². The van der Waals surface area contributed by atoms with Crippen LogP contribution in [0.2, 0.25) is 0 Å². The number of aliphatic carboxylic acids is 1. The van der Waals surface area contributed by atoms with Gasteiger partial charge in [0.15, 0.2) is 0 Å². The van der Waals surface area contributed by atoms with Crippen LogP contribution in [0.25, 0.3) is 0 Å². The highest BCUT2D eigenvalue weighted by atomic mass is 16.4. The van der Waals surface area contributed by atoms with Gasteiger partial charge in [-0.3, -0.25) is 9.59 Å².